The van der Waals surface area contributed by atoms with Crippen LogP contribution in [0.15, 0.2) is 36.2 Å². The number of hydrogen-bond acceptors (Lipinski definition) is 3. The number of carbonyl (C=O) groups excluding carboxylic acids is 1. The maximum Gasteiger partial charge on any atom is 0.210 e. The Bertz CT molecular complexity index is 343. The molecule has 1 aromatic rings. The molecule has 1 aliphatic heterocycles. The molecule has 3 nitrogen and oxygen atoms in total. The molecule has 0 N–H and O–H groups in total. The number of nitrogens with zero attached hydrogens (tertiary/aromatic N) is 1. The van der Waals surface area contributed by atoms with Crippen LogP contribution in [0.1, 0.15) is 16.9 Å². The first-order valence-electron chi connectivity index (χ1n) is 4.14. The monoisotopic (exact) mass is 175 g/mol. The van der Waals surface area contributed by atoms with E-state index >= 15 is 0 Å². The summed E-state index contributed by atoms with van der Waals surface area (Å²) in [6.07, 6.45) is 3.83. The van der Waals surface area contributed by atoms with E-state index in [1.165, 1.54) is 6.26 Å². The summed E-state index contributed by atoms with van der Waals surface area (Å²) in [6.45, 7) is 0.605. The maximum atomic E-state index is 11.6. The van der Waals surface area contributed by atoms with E-state index in [-0.39, 0.29) is 5.78 Å². The Morgan fingerprint density at radius 2 is 2.38 bits per heavy atom. The molecule has 2 rings (SSSR count). The van der Waals surface area contributed by atoms with Gasteiger partial charge >= 0.3 is 0 Å². The fourth-order valence-corrected chi connectivity index (χ4v) is 1.22. The van der Waals surface area contributed by atoms with E-state index in [9.17, 15) is 4.79 Å². The van der Waals surface area contributed by atoms with Crippen molar-refractivity contribution in [2.75, 3.05) is 6.61 Å². The van der Waals surface area contributed by atoms with E-state index in [1.807, 2.05) is 0 Å². The van der Waals surface area contributed by atoms with Crippen molar-refractivity contribution in [3.05, 3.63) is 41.9 Å². The molecule has 3 heteroatoms. The van der Waals surface area contributed by atoms with Gasteiger partial charge in [0, 0.05) is 18.2 Å². The number of aromatic nitrogens is 1. The second kappa shape index (κ2) is 3.39. The molecule has 13 heavy (non-hydrogen) atoms. The van der Waals surface area contributed by atoms with Crippen molar-refractivity contribution in [3.8, 4) is 0 Å². The van der Waals surface area contributed by atoms with Gasteiger partial charge in [-0.1, -0.05) is 6.07 Å². The normalized spacial score (nSPS) is 14.9. The fraction of sp³-hybridized carbons (Fsp3) is 0.200. The number of Topliss-reactive ketones (excluding diaryl/α,β-unsaturated/α-hetero) is 1. The summed E-state index contributed by atoms with van der Waals surface area (Å²) in [6, 6.07) is 5.30. The Morgan fingerprint density at radius 1 is 1.46 bits per heavy atom. The van der Waals surface area contributed by atoms with Crippen LogP contribution in [0.3, 0.4) is 0 Å². The Kier molecular flexibility index (Phi) is 2.08. The molecule has 0 aliphatic carbocycles. The van der Waals surface area contributed by atoms with Crippen molar-refractivity contribution >= 4 is 5.78 Å². The topological polar surface area (TPSA) is 39.2 Å². The van der Waals surface area contributed by atoms with Crippen molar-refractivity contribution < 1.29 is 9.53 Å². The van der Waals surface area contributed by atoms with Gasteiger partial charge in [-0.05, 0) is 12.1 Å². The number of ketones is 1. The van der Waals surface area contributed by atoms with Crippen LogP contribution in [-0.4, -0.2) is 17.4 Å². The molecular weight excluding hydrogens is 166 g/mol. The van der Waals surface area contributed by atoms with E-state index in [2.05, 4.69) is 4.98 Å². The van der Waals surface area contributed by atoms with Crippen LogP contribution in [0.4, 0.5) is 0 Å². The van der Waals surface area contributed by atoms with Gasteiger partial charge in [0.2, 0.25) is 5.78 Å². The van der Waals surface area contributed by atoms with Gasteiger partial charge in [-0.15, -0.1) is 0 Å². The van der Waals surface area contributed by atoms with E-state index in [4.69, 9.17) is 4.74 Å². The highest BCUT2D eigenvalue weighted by atomic mass is 16.5. The molecule has 1 aromatic heterocycles. The molecule has 0 spiro atoms. The summed E-state index contributed by atoms with van der Waals surface area (Å²) < 4.78 is 4.99. The minimum absolute atomic E-state index is 0.0295. The Balaban J connectivity index is 2.23. The van der Waals surface area contributed by atoms with Crippen molar-refractivity contribution in [2.45, 2.75) is 6.42 Å². The second-order valence-electron chi connectivity index (χ2n) is 2.81. The van der Waals surface area contributed by atoms with Gasteiger partial charge in [-0.2, -0.15) is 0 Å². The van der Waals surface area contributed by atoms with Crippen molar-refractivity contribution in [3.63, 3.8) is 0 Å². The highest BCUT2D eigenvalue weighted by molar-refractivity contribution is 6.07. The van der Waals surface area contributed by atoms with E-state index in [1.54, 1.807) is 24.4 Å². The molecule has 0 fully saturated rings. The number of carbonyl (C=O) groups is 1. The predicted molar refractivity (Wildman–Crippen MR) is 47.2 cm³/mol. The predicted octanol–water partition coefficient (Wildman–Crippen LogP) is 1.57. The average Bonchev–Trinajstić information content (AvgIpc) is 2.71. The number of ether oxygens (including phenoxy) is 1. The molecule has 66 valence electrons. The van der Waals surface area contributed by atoms with Crippen LogP contribution >= 0.6 is 0 Å². The molecule has 0 unspecified atom stereocenters. The lowest BCUT2D eigenvalue weighted by Crippen LogP contribution is -2.03. The summed E-state index contributed by atoms with van der Waals surface area (Å²) in [5.74, 6) is -0.0295. The third-order valence-electron chi connectivity index (χ3n) is 1.90. The van der Waals surface area contributed by atoms with Crippen LogP contribution in [0.2, 0.25) is 0 Å². The van der Waals surface area contributed by atoms with Crippen LogP contribution in [0.5, 0.6) is 0 Å². The minimum atomic E-state index is -0.0295. The van der Waals surface area contributed by atoms with Crippen LogP contribution in [0.25, 0.3) is 0 Å². The number of hydrogen-bond donors (Lipinski definition) is 0. The third-order valence-corrected chi connectivity index (χ3v) is 1.90. The summed E-state index contributed by atoms with van der Waals surface area (Å²) in [4.78, 5) is 15.6. The molecule has 2 heterocycles. The second-order valence-corrected chi connectivity index (χ2v) is 2.81. The molecule has 0 atom stereocenters. The van der Waals surface area contributed by atoms with Crippen LogP contribution in [-0.2, 0) is 4.74 Å². The summed E-state index contributed by atoms with van der Waals surface area (Å²) in [7, 11) is 0. The zero-order valence-electron chi connectivity index (χ0n) is 7.06. The molecule has 1 aliphatic rings. The SMILES string of the molecule is O=C(C1=COCC1)c1ccccn1. The third kappa shape index (κ3) is 1.59. The Morgan fingerprint density at radius 3 is 3.00 bits per heavy atom. The van der Waals surface area contributed by atoms with Gasteiger partial charge in [0.15, 0.2) is 0 Å². The molecular formula is C10H9NO2. The lowest BCUT2D eigenvalue weighted by molar-refractivity contribution is 0.102. The summed E-state index contributed by atoms with van der Waals surface area (Å²) >= 11 is 0. The number of pyridine rings is 1. The van der Waals surface area contributed by atoms with E-state index < -0.39 is 0 Å². The van der Waals surface area contributed by atoms with Gasteiger partial charge in [-0.3, -0.25) is 9.78 Å². The van der Waals surface area contributed by atoms with Gasteiger partial charge in [0.05, 0.1) is 12.9 Å². The average molecular weight is 175 g/mol. The Labute approximate surface area is 76.1 Å². The van der Waals surface area contributed by atoms with E-state index in [0.29, 0.717) is 24.3 Å². The molecule has 0 bridgehead atoms. The van der Waals surface area contributed by atoms with Gasteiger partial charge in [0.1, 0.15) is 5.69 Å². The maximum absolute atomic E-state index is 11.6. The zero-order valence-corrected chi connectivity index (χ0v) is 7.06. The van der Waals surface area contributed by atoms with Gasteiger partial charge in [-0.25, -0.2) is 0 Å². The quantitative estimate of drug-likeness (QED) is 0.640. The standard InChI is InChI=1S/C10H9NO2/c12-10(8-4-6-13-7-8)9-3-1-2-5-11-9/h1-3,5,7H,4,6H2. The van der Waals surface area contributed by atoms with Gasteiger partial charge < -0.3 is 4.74 Å². The highest BCUT2D eigenvalue weighted by Gasteiger charge is 2.16. The lowest BCUT2D eigenvalue weighted by atomic mass is 10.1. The molecule has 0 aromatic carbocycles. The first-order chi connectivity index (χ1) is 6.38. The van der Waals surface area contributed by atoms with Crippen molar-refractivity contribution in [1.29, 1.82) is 0 Å². The number of rotatable bonds is 2. The molecule has 0 saturated heterocycles. The summed E-state index contributed by atoms with van der Waals surface area (Å²) in [5.41, 5.74) is 1.19. The Hall–Kier alpha value is -1.64. The van der Waals surface area contributed by atoms with Crippen LogP contribution in [0, 0.1) is 0 Å². The van der Waals surface area contributed by atoms with Gasteiger partial charge in [0.25, 0.3) is 0 Å². The summed E-state index contributed by atoms with van der Waals surface area (Å²) in [5, 5.41) is 0. The smallest absolute Gasteiger partial charge is 0.210 e. The zero-order chi connectivity index (χ0) is 9.10. The van der Waals surface area contributed by atoms with Crippen molar-refractivity contribution in [1.82, 2.24) is 4.98 Å². The first-order valence-corrected chi connectivity index (χ1v) is 4.14. The first kappa shape index (κ1) is 7.98. The van der Waals surface area contributed by atoms with E-state index in [0.717, 1.165) is 0 Å². The highest BCUT2D eigenvalue weighted by Crippen LogP contribution is 2.14. The molecule has 0 saturated carbocycles. The minimum Gasteiger partial charge on any atom is -0.500 e. The largest absolute Gasteiger partial charge is 0.500 e. The molecule has 0 amide bonds. The van der Waals surface area contributed by atoms with Crippen LogP contribution < -0.4 is 0 Å². The molecule has 0 radical (unpaired) electrons. The lowest BCUT2D eigenvalue weighted by Gasteiger charge is -1.96. The fourth-order valence-electron chi connectivity index (χ4n) is 1.22. The van der Waals surface area contributed by atoms with Crippen molar-refractivity contribution in [2.24, 2.45) is 0 Å².